The predicted octanol–water partition coefficient (Wildman–Crippen LogP) is 3.30. The topological polar surface area (TPSA) is 64.4 Å². The summed E-state index contributed by atoms with van der Waals surface area (Å²) >= 11 is 0. The third-order valence-corrected chi connectivity index (χ3v) is 3.16. The van der Waals surface area contributed by atoms with Crippen LogP contribution in [-0.2, 0) is 17.8 Å². The van der Waals surface area contributed by atoms with Gasteiger partial charge in [0.05, 0.1) is 0 Å². The molecule has 0 aliphatic carbocycles. The van der Waals surface area contributed by atoms with E-state index in [4.69, 9.17) is 9.15 Å². The number of aromatic nitrogens is 1. The summed E-state index contributed by atoms with van der Waals surface area (Å²) in [4.78, 5) is 15.9. The number of carbonyl (C=O) groups excluding carboxylic acids is 1. The summed E-state index contributed by atoms with van der Waals surface area (Å²) in [5.74, 6) is 0.601. The third kappa shape index (κ3) is 3.63. The molecule has 0 unspecified atom stereocenters. The smallest absolute Gasteiger partial charge is 0.407 e. The number of hydrogen-bond acceptors (Lipinski definition) is 4. The van der Waals surface area contributed by atoms with Crippen molar-refractivity contribution in [2.45, 2.75) is 13.0 Å². The summed E-state index contributed by atoms with van der Waals surface area (Å²) in [5.41, 5.74) is 2.53. The Kier molecular flexibility index (Phi) is 4.34. The van der Waals surface area contributed by atoms with E-state index in [0.717, 1.165) is 16.7 Å². The highest BCUT2D eigenvalue weighted by Gasteiger charge is 2.06. The van der Waals surface area contributed by atoms with E-state index in [0.29, 0.717) is 18.9 Å². The number of hydrogen-bond donors (Lipinski definition) is 1. The highest BCUT2D eigenvalue weighted by Crippen LogP contribution is 2.14. The standard InChI is InChI=1S/C17H16N2O3/c20-17(21-12-13-6-2-1-3-7-13)18-11-10-16-19-14-8-4-5-9-15(14)22-16/h1-9H,10-12H2,(H,18,20). The minimum Gasteiger partial charge on any atom is -0.445 e. The molecule has 1 amide bonds. The van der Waals surface area contributed by atoms with Gasteiger partial charge in [-0.2, -0.15) is 0 Å². The van der Waals surface area contributed by atoms with E-state index in [-0.39, 0.29) is 6.61 Å². The van der Waals surface area contributed by atoms with Crippen LogP contribution in [0.2, 0.25) is 0 Å². The summed E-state index contributed by atoms with van der Waals surface area (Å²) in [7, 11) is 0. The molecule has 0 saturated carbocycles. The molecular weight excluding hydrogens is 280 g/mol. The van der Waals surface area contributed by atoms with Crippen LogP contribution in [0.5, 0.6) is 0 Å². The molecule has 0 bridgehead atoms. The van der Waals surface area contributed by atoms with Gasteiger partial charge in [0.25, 0.3) is 0 Å². The van der Waals surface area contributed by atoms with Crippen molar-refractivity contribution in [3.63, 3.8) is 0 Å². The van der Waals surface area contributed by atoms with Crippen LogP contribution in [0, 0.1) is 0 Å². The maximum absolute atomic E-state index is 11.6. The van der Waals surface area contributed by atoms with Crippen LogP contribution in [0.4, 0.5) is 4.79 Å². The van der Waals surface area contributed by atoms with Gasteiger partial charge in [0, 0.05) is 13.0 Å². The van der Waals surface area contributed by atoms with E-state index in [1.165, 1.54) is 0 Å². The van der Waals surface area contributed by atoms with Gasteiger partial charge >= 0.3 is 6.09 Å². The number of alkyl carbamates (subject to hydrolysis) is 1. The van der Waals surface area contributed by atoms with E-state index < -0.39 is 6.09 Å². The Labute approximate surface area is 127 Å². The fourth-order valence-corrected chi connectivity index (χ4v) is 2.07. The number of fused-ring (bicyclic) bond motifs is 1. The van der Waals surface area contributed by atoms with Crippen molar-refractivity contribution in [1.82, 2.24) is 10.3 Å². The molecule has 0 atom stereocenters. The molecule has 1 N–H and O–H groups in total. The first kappa shape index (κ1) is 14.1. The van der Waals surface area contributed by atoms with Crippen LogP contribution in [-0.4, -0.2) is 17.6 Å². The summed E-state index contributed by atoms with van der Waals surface area (Å²) in [5, 5.41) is 2.68. The fraction of sp³-hybridized carbons (Fsp3) is 0.176. The molecule has 2 aromatic carbocycles. The molecule has 1 heterocycles. The first-order valence-electron chi connectivity index (χ1n) is 7.10. The minimum atomic E-state index is -0.444. The van der Waals surface area contributed by atoms with Crippen LogP contribution in [0.25, 0.3) is 11.1 Å². The largest absolute Gasteiger partial charge is 0.445 e. The summed E-state index contributed by atoms with van der Waals surface area (Å²) < 4.78 is 10.7. The van der Waals surface area contributed by atoms with Gasteiger partial charge in [-0.15, -0.1) is 0 Å². The average Bonchev–Trinajstić information content (AvgIpc) is 2.96. The van der Waals surface area contributed by atoms with Crippen LogP contribution in [0.3, 0.4) is 0 Å². The van der Waals surface area contributed by atoms with Crippen LogP contribution < -0.4 is 5.32 Å². The Hall–Kier alpha value is -2.82. The lowest BCUT2D eigenvalue weighted by Crippen LogP contribution is -2.26. The summed E-state index contributed by atoms with van der Waals surface area (Å²) in [6, 6.07) is 17.1. The summed E-state index contributed by atoms with van der Waals surface area (Å²) in [6.45, 7) is 0.677. The van der Waals surface area contributed by atoms with E-state index in [9.17, 15) is 4.79 Å². The Morgan fingerprint density at radius 2 is 1.86 bits per heavy atom. The van der Waals surface area contributed by atoms with Crippen LogP contribution in [0.1, 0.15) is 11.5 Å². The van der Waals surface area contributed by atoms with Crippen molar-refractivity contribution in [3.05, 3.63) is 66.1 Å². The molecule has 5 nitrogen and oxygen atoms in total. The molecule has 22 heavy (non-hydrogen) atoms. The zero-order chi connectivity index (χ0) is 15.2. The number of para-hydroxylation sites is 2. The SMILES string of the molecule is O=C(NCCc1nc2ccccc2o1)OCc1ccccc1. The number of nitrogens with one attached hydrogen (secondary N) is 1. The van der Waals surface area contributed by atoms with E-state index in [2.05, 4.69) is 10.3 Å². The molecule has 3 rings (SSSR count). The molecule has 1 aromatic heterocycles. The lowest BCUT2D eigenvalue weighted by atomic mass is 10.2. The maximum atomic E-state index is 11.6. The normalized spacial score (nSPS) is 10.5. The average molecular weight is 296 g/mol. The van der Waals surface area contributed by atoms with Crippen molar-refractivity contribution in [2.24, 2.45) is 0 Å². The fourth-order valence-electron chi connectivity index (χ4n) is 2.07. The Morgan fingerprint density at radius 3 is 2.68 bits per heavy atom. The van der Waals surface area contributed by atoms with Crippen molar-refractivity contribution in [1.29, 1.82) is 0 Å². The van der Waals surface area contributed by atoms with Crippen molar-refractivity contribution >= 4 is 17.2 Å². The van der Waals surface area contributed by atoms with E-state index in [1.54, 1.807) is 0 Å². The molecule has 0 saturated heterocycles. The molecule has 0 aliphatic heterocycles. The molecule has 0 radical (unpaired) electrons. The third-order valence-electron chi connectivity index (χ3n) is 3.16. The second kappa shape index (κ2) is 6.76. The van der Waals surface area contributed by atoms with Gasteiger partial charge in [0.2, 0.25) is 0 Å². The number of nitrogens with zero attached hydrogens (tertiary/aromatic N) is 1. The molecule has 0 spiro atoms. The quantitative estimate of drug-likeness (QED) is 0.784. The molecule has 5 heteroatoms. The molecule has 112 valence electrons. The van der Waals surface area contributed by atoms with Crippen LogP contribution in [0.15, 0.2) is 59.0 Å². The van der Waals surface area contributed by atoms with Crippen molar-refractivity contribution < 1.29 is 13.9 Å². The number of benzene rings is 2. The second-order valence-corrected chi connectivity index (χ2v) is 4.81. The van der Waals surface area contributed by atoms with E-state index >= 15 is 0 Å². The number of oxazole rings is 1. The minimum absolute atomic E-state index is 0.259. The molecule has 3 aromatic rings. The van der Waals surface area contributed by atoms with Crippen LogP contribution >= 0.6 is 0 Å². The number of carbonyl (C=O) groups is 1. The van der Waals surface area contributed by atoms with Gasteiger partial charge in [-0.25, -0.2) is 9.78 Å². The molecular formula is C17H16N2O3. The Morgan fingerprint density at radius 1 is 1.09 bits per heavy atom. The predicted molar refractivity (Wildman–Crippen MR) is 82.3 cm³/mol. The zero-order valence-corrected chi connectivity index (χ0v) is 12.0. The lowest BCUT2D eigenvalue weighted by Gasteiger charge is -2.05. The van der Waals surface area contributed by atoms with Crippen molar-refractivity contribution in [2.75, 3.05) is 6.54 Å². The lowest BCUT2D eigenvalue weighted by molar-refractivity contribution is 0.139. The number of amides is 1. The van der Waals surface area contributed by atoms with Gasteiger partial charge in [0.1, 0.15) is 12.1 Å². The first-order valence-corrected chi connectivity index (χ1v) is 7.10. The van der Waals surface area contributed by atoms with E-state index in [1.807, 2.05) is 54.6 Å². The highest BCUT2D eigenvalue weighted by molar-refractivity contribution is 5.72. The summed E-state index contributed by atoms with van der Waals surface area (Å²) in [6.07, 6.45) is 0.0785. The van der Waals surface area contributed by atoms with Gasteiger partial charge in [-0.05, 0) is 17.7 Å². The number of rotatable bonds is 5. The number of ether oxygens (including phenoxy) is 1. The van der Waals surface area contributed by atoms with Crippen molar-refractivity contribution in [3.8, 4) is 0 Å². The monoisotopic (exact) mass is 296 g/mol. The van der Waals surface area contributed by atoms with Gasteiger partial charge in [0.15, 0.2) is 11.5 Å². The first-order chi connectivity index (χ1) is 10.8. The maximum Gasteiger partial charge on any atom is 0.407 e. The second-order valence-electron chi connectivity index (χ2n) is 4.81. The molecule has 0 fully saturated rings. The highest BCUT2D eigenvalue weighted by atomic mass is 16.5. The zero-order valence-electron chi connectivity index (χ0n) is 12.0. The van der Waals surface area contributed by atoms with Gasteiger partial charge in [-0.3, -0.25) is 0 Å². The van der Waals surface area contributed by atoms with Gasteiger partial charge < -0.3 is 14.5 Å². The molecule has 0 aliphatic rings. The van der Waals surface area contributed by atoms with Gasteiger partial charge in [-0.1, -0.05) is 42.5 Å². The Bertz CT molecular complexity index is 720. The Balaban J connectivity index is 1.43.